The Morgan fingerprint density at radius 2 is 1.90 bits per heavy atom. The summed E-state index contributed by atoms with van der Waals surface area (Å²) in [6, 6.07) is -1.20. The maximum absolute atomic E-state index is 11.9. The van der Waals surface area contributed by atoms with Gasteiger partial charge in [0.15, 0.2) is 0 Å². The Balaban J connectivity index is 4.52. The number of rotatable bonds is 8. The summed E-state index contributed by atoms with van der Waals surface area (Å²) in [5, 5.41) is 11.3. The number of carbonyl (C=O) groups is 2. The minimum atomic E-state index is -2.80. The molecule has 0 saturated carbocycles. The molecule has 0 unspecified atom stereocenters. The molecule has 0 aliphatic carbocycles. The number of amides is 1. The highest BCUT2D eigenvalue weighted by molar-refractivity contribution is 7.92. The lowest BCUT2D eigenvalue weighted by atomic mass is 10.2. The number of carboxylic acid groups (broad SMARTS) is 1. The van der Waals surface area contributed by atoms with Crippen molar-refractivity contribution in [2.45, 2.75) is 58.6 Å². The van der Waals surface area contributed by atoms with Gasteiger partial charge in [-0.05, 0) is 33.6 Å². The van der Waals surface area contributed by atoms with Gasteiger partial charge in [-0.3, -0.25) is 4.78 Å². The van der Waals surface area contributed by atoms with E-state index in [9.17, 15) is 13.8 Å². The molecule has 0 bridgehead atoms. The van der Waals surface area contributed by atoms with Crippen molar-refractivity contribution in [2.24, 2.45) is 0 Å². The highest BCUT2D eigenvalue weighted by atomic mass is 32.2. The first-order valence-electron chi connectivity index (χ1n) is 6.93. The van der Waals surface area contributed by atoms with E-state index in [0.717, 1.165) is 6.42 Å². The van der Waals surface area contributed by atoms with Gasteiger partial charge in [0.2, 0.25) is 0 Å². The number of carbonyl (C=O) groups excluding carboxylic acids is 1. The van der Waals surface area contributed by atoms with Crippen molar-refractivity contribution in [3.63, 3.8) is 0 Å². The molecule has 3 N–H and O–H groups in total. The van der Waals surface area contributed by atoms with Gasteiger partial charge < -0.3 is 15.2 Å². The molecule has 0 spiro atoms. The highest BCUT2D eigenvalue weighted by Crippen LogP contribution is 2.08. The van der Waals surface area contributed by atoms with Crippen molar-refractivity contribution in [1.29, 1.82) is 4.78 Å². The largest absolute Gasteiger partial charge is 0.480 e. The van der Waals surface area contributed by atoms with Crippen LogP contribution < -0.4 is 5.32 Å². The molecule has 0 aliphatic rings. The Labute approximate surface area is 126 Å². The third-order valence-corrected chi connectivity index (χ3v) is 4.40. The van der Waals surface area contributed by atoms with E-state index < -0.39 is 33.4 Å². The first-order valence-corrected chi connectivity index (χ1v) is 8.83. The highest BCUT2D eigenvalue weighted by Gasteiger charge is 2.24. The average Bonchev–Trinajstić information content (AvgIpc) is 2.29. The zero-order chi connectivity index (χ0) is 16.7. The third-order valence-electron chi connectivity index (χ3n) is 2.55. The summed E-state index contributed by atoms with van der Waals surface area (Å²) in [6.45, 7) is 6.94. The van der Waals surface area contributed by atoms with Crippen molar-refractivity contribution < 1.29 is 23.6 Å². The molecule has 0 fully saturated rings. The zero-order valence-electron chi connectivity index (χ0n) is 13.1. The molecule has 0 rings (SSSR count). The second-order valence-corrected chi connectivity index (χ2v) is 8.34. The minimum Gasteiger partial charge on any atom is -0.480 e. The number of nitrogens with one attached hydrogen (secondary N) is 2. The Morgan fingerprint density at radius 1 is 1.33 bits per heavy atom. The molecule has 0 aromatic rings. The normalized spacial score (nSPS) is 15.8. The lowest BCUT2D eigenvalue weighted by Crippen LogP contribution is -2.44. The fourth-order valence-corrected chi connectivity index (χ4v) is 3.07. The Bertz CT molecular complexity index is 454. The molecular weight excluding hydrogens is 296 g/mol. The molecule has 0 aromatic heterocycles. The molecule has 21 heavy (non-hydrogen) atoms. The quantitative estimate of drug-likeness (QED) is 0.633. The molecule has 0 saturated heterocycles. The zero-order valence-corrected chi connectivity index (χ0v) is 13.9. The van der Waals surface area contributed by atoms with Crippen LogP contribution in [0.3, 0.4) is 0 Å². The Hall–Kier alpha value is -1.31. The van der Waals surface area contributed by atoms with Crippen molar-refractivity contribution in [1.82, 2.24) is 5.32 Å². The summed E-state index contributed by atoms with van der Waals surface area (Å²) in [7, 11) is -2.80. The molecular formula is C13H26N2O5S. The van der Waals surface area contributed by atoms with Crippen LogP contribution in [0.4, 0.5) is 4.79 Å². The van der Waals surface area contributed by atoms with Gasteiger partial charge in [-0.2, -0.15) is 0 Å². The van der Waals surface area contributed by atoms with Crippen molar-refractivity contribution in [2.75, 3.05) is 11.5 Å². The third kappa shape index (κ3) is 10.1. The molecule has 0 aliphatic heterocycles. The number of hydrogen-bond acceptors (Lipinski definition) is 5. The summed E-state index contributed by atoms with van der Waals surface area (Å²) >= 11 is 0. The molecule has 2 atom stereocenters. The van der Waals surface area contributed by atoms with Crippen molar-refractivity contribution in [3.8, 4) is 0 Å². The number of carboxylic acids is 1. The van der Waals surface area contributed by atoms with Crippen LogP contribution in [0, 0.1) is 4.78 Å². The summed E-state index contributed by atoms with van der Waals surface area (Å²) in [4.78, 5) is 22.7. The van der Waals surface area contributed by atoms with Crippen LogP contribution in [0.25, 0.3) is 0 Å². The maximum atomic E-state index is 11.9. The van der Waals surface area contributed by atoms with Gasteiger partial charge in [-0.15, -0.1) is 0 Å². The lowest BCUT2D eigenvalue weighted by Gasteiger charge is -2.22. The standard InChI is InChI=1S/C13H26N2O5S/c1-5-6-8-21(14,19)9-7-10(11(16)17)15-12(18)20-13(2,3)4/h10,14H,5-9H2,1-4H3,(H,15,18)(H,16,17)/t10-,21-/m1/s1. The van der Waals surface area contributed by atoms with Crippen LogP contribution in [0.5, 0.6) is 0 Å². The van der Waals surface area contributed by atoms with Crippen LogP contribution >= 0.6 is 0 Å². The summed E-state index contributed by atoms with van der Waals surface area (Å²) in [5.41, 5.74) is -0.725. The molecule has 7 nitrogen and oxygen atoms in total. The maximum Gasteiger partial charge on any atom is 0.408 e. The number of hydrogen-bond donors (Lipinski definition) is 3. The van der Waals surface area contributed by atoms with E-state index in [2.05, 4.69) is 5.32 Å². The fraction of sp³-hybridized carbons (Fsp3) is 0.846. The molecule has 0 radical (unpaired) electrons. The Morgan fingerprint density at radius 3 is 2.33 bits per heavy atom. The van der Waals surface area contributed by atoms with Crippen LogP contribution in [0.15, 0.2) is 0 Å². The second-order valence-electron chi connectivity index (χ2n) is 5.90. The van der Waals surface area contributed by atoms with Gasteiger partial charge in [-0.25, -0.2) is 13.8 Å². The van der Waals surface area contributed by atoms with E-state index in [4.69, 9.17) is 14.6 Å². The first kappa shape index (κ1) is 19.7. The van der Waals surface area contributed by atoms with Gasteiger partial charge in [0.05, 0.1) is 0 Å². The molecule has 0 heterocycles. The number of aliphatic carboxylic acids is 1. The van der Waals surface area contributed by atoms with E-state index in [1.807, 2.05) is 6.92 Å². The van der Waals surface area contributed by atoms with Crippen LogP contribution in [0.2, 0.25) is 0 Å². The number of unbranched alkanes of at least 4 members (excludes halogenated alkanes) is 1. The molecule has 1 amide bonds. The van der Waals surface area contributed by atoms with Crippen LogP contribution in [0.1, 0.15) is 47.0 Å². The van der Waals surface area contributed by atoms with E-state index >= 15 is 0 Å². The van der Waals surface area contributed by atoms with E-state index in [-0.39, 0.29) is 17.9 Å². The summed E-state index contributed by atoms with van der Waals surface area (Å²) in [5.74, 6) is -1.03. The first-order chi connectivity index (χ1) is 9.47. The average molecular weight is 322 g/mol. The lowest BCUT2D eigenvalue weighted by molar-refractivity contribution is -0.139. The topological polar surface area (TPSA) is 117 Å². The molecule has 0 aromatic carbocycles. The Kier molecular flexibility index (Phi) is 7.70. The predicted molar refractivity (Wildman–Crippen MR) is 80.9 cm³/mol. The van der Waals surface area contributed by atoms with Crippen LogP contribution in [-0.4, -0.2) is 44.5 Å². The summed E-state index contributed by atoms with van der Waals surface area (Å²) < 4.78 is 24.6. The smallest absolute Gasteiger partial charge is 0.408 e. The summed E-state index contributed by atoms with van der Waals surface area (Å²) in [6.07, 6.45) is 0.606. The van der Waals surface area contributed by atoms with E-state index in [1.54, 1.807) is 20.8 Å². The van der Waals surface area contributed by atoms with E-state index in [0.29, 0.717) is 6.42 Å². The molecule has 124 valence electrons. The van der Waals surface area contributed by atoms with Gasteiger partial charge in [-0.1, -0.05) is 13.3 Å². The van der Waals surface area contributed by atoms with E-state index in [1.165, 1.54) is 0 Å². The SMILES string of the molecule is CCCC[S@@](=N)(=O)CC[C@@H](NC(=O)OC(C)(C)C)C(=O)O. The predicted octanol–water partition coefficient (Wildman–Crippen LogP) is 2.20. The molecule has 8 heteroatoms. The van der Waals surface area contributed by atoms with Gasteiger partial charge >= 0.3 is 12.1 Å². The van der Waals surface area contributed by atoms with Crippen molar-refractivity contribution in [3.05, 3.63) is 0 Å². The minimum absolute atomic E-state index is 0.0549. The monoisotopic (exact) mass is 322 g/mol. The number of alkyl carbamates (subject to hydrolysis) is 1. The van der Waals surface area contributed by atoms with Crippen LogP contribution in [-0.2, 0) is 19.3 Å². The van der Waals surface area contributed by atoms with Gasteiger partial charge in [0, 0.05) is 21.2 Å². The van der Waals surface area contributed by atoms with Crippen molar-refractivity contribution >= 4 is 21.8 Å². The van der Waals surface area contributed by atoms with Gasteiger partial charge in [0.1, 0.15) is 11.6 Å². The number of ether oxygens (including phenoxy) is 1. The second kappa shape index (κ2) is 8.21. The fourth-order valence-electron chi connectivity index (χ4n) is 1.49. The van der Waals surface area contributed by atoms with Gasteiger partial charge in [0.25, 0.3) is 0 Å².